The quantitative estimate of drug-likeness (QED) is 0.683. The summed E-state index contributed by atoms with van der Waals surface area (Å²) < 4.78 is 8.49. The average Bonchev–Trinajstić information content (AvgIpc) is 2.82. The van der Waals surface area contributed by atoms with Gasteiger partial charge in [0.15, 0.2) is 0 Å². The van der Waals surface area contributed by atoms with Crippen LogP contribution >= 0.6 is 11.3 Å². The Morgan fingerprint density at radius 3 is 2.54 bits per heavy atom. The minimum atomic E-state index is -0.515. The second kappa shape index (κ2) is 5.90. The molecule has 0 aliphatic rings. The van der Waals surface area contributed by atoms with Crippen LogP contribution in [-0.4, -0.2) is 21.5 Å². The second-order valence-corrected chi connectivity index (χ2v) is 6.55. The molecule has 0 amide bonds. The summed E-state index contributed by atoms with van der Waals surface area (Å²) in [5, 5.41) is 0. The van der Waals surface area contributed by atoms with Gasteiger partial charge in [0.1, 0.15) is 11.1 Å². The van der Waals surface area contributed by atoms with Gasteiger partial charge >= 0.3 is 10.8 Å². The van der Waals surface area contributed by atoms with E-state index in [1.54, 1.807) is 18.2 Å². The van der Waals surface area contributed by atoms with E-state index in [0.29, 0.717) is 21.3 Å². The summed E-state index contributed by atoms with van der Waals surface area (Å²) in [5.41, 5.74) is 2.67. The van der Waals surface area contributed by atoms with Crippen LogP contribution in [0.3, 0.4) is 0 Å². The highest BCUT2D eigenvalue weighted by Crippen LogP contribution is 2.29. The fourth-order valence-corrected chi connectivity index (χ4v) is 4.10. The van der Waals surface area contributed by atoms with Crippen LogP contribution in [0.1, 0.15) is 35.5 Å². The number of hydrogen-bond acceptors (Lipinski definition) is 5. The van der Waals surface area contributed by atoms with Crippen LogP contribution in [0, 0.1) is 13.8 Å². The maximum atomic E-state index is 12.8. The number of aromatic nitrogens is 2. The molecule has 0 radical (unpaired) electrons. The van der Waals surface area contributed by atoms with Gasteiger partial charge in [0, 0.05) is 12.2 Å². The molecule has 24 heavy (non-hydrogen) atoms. The summed E-state index contributed by atoms with van der Waals surface area (Å²) in [6.07, 6.45) is 0. The van der Waals surface area contributed by atoms with Crippen molar-refractivity contribution < 1.29 is 9.53 Å². The van der Waals surface area contributed by atoms with Crippen LogP contribution in [0.5, 0.6) is 0 Å². The number of aryl methyl sites for hydroxylation is 2. The summed E-state index contributed by atoms with van der Waals surface area (Å²) in [7, 11) is 0. The van der Waals surface area contributed by atoms with E-state index < -0.39 is 5.97 Å². The lowest BCUT2D eigenvalue weighted by Gasteiger charge is -2.05. The van der Waals surface area contributed by atoms with E-state index >= 15 is 0 Å². The Kier molecular flexibility index (Phi) is 4.04. The van der Waals surface area contributed by atoms with Crippen molar-refractivity contribution in [1.29, 1.82) is 0 Å². The van der Waals surface area contributed by atoms with Gasteiger partial charge in [-0.25, -0.2) is 4.79 Å². The van der Waals surface area contributed by atoms with E-state index in [1.165, 1.54) is 4.57 Å². The molecule has 0 aliphatic heterocycles. The van der Waals surface area contributed by atoms with Gasteiger partial charge < -0.3 is 9.14 Å². The Hall–Kier alpha value is -2.41. The Balaban J connectivity index is 2.64. The predicted molar refractivity (Wildman–Crippen MR) is 94.4 cm³/mol. The first-order valence-electron chi connectivity index (χ1n) is 7.77. The molecule has 3 aromatic heterocycles. The molecule has 0 aromatic carbocycles. The molecule has 0 spiro atoms. The van der Waals surface area contributed by atoms with E-state index in [1.807, 2.05) is 26.0 Å². The van der Waals surface area contributed by atoms with Crippen molar-refractivity contribution in [3.63, 3.8) is 0 Å². The van der Waals surface area contributed by atoms with Crippen LogP contribution in [0.15, 0.2) is 21.7 Å². The van der Waals surface area contributed by atoms with Crippen molar-refractivity contribution in [3.05, 3.63) is 49.0 Å². The first kappa shape index (κ1) is 16.4. The smallest absolute Gasteiger partial charge is 0.341 e. The molecule has 0 unspecified atom stereocenters. The van der Waals surface area contributed by atoms with Crippen molar-refractivity contribution in [3.8, 4) is 0 Å². The van der Waals surface area contributed by atoms with Crippen LogP contribution in [0.2, 0.25) is 0 Å². The van der Waals surface area contributed by atoms with Gasteiger partial charge in [-0.1, -0.05) is 11.3 Å². The number of fused-ring (bicyclic) bond motifs is 3. The standard InChI is InChI=1S/C17H18N2O4S/c1-5-18-15(20)13-14(24-17(18)22)12(16(21)23-6-2)11-8-9(3)7-10(4)19(11)13/h7-8H,5-6H2,1-4H3. The highest BCUT2D eigenvalue weighted by molar-refractivity contribution is 7.16. The summed E-state index contributed by atoms with van der Waals surface area (Å²) in [6.45, 7) is 7.79. The number of ether oxygens (including phenoxy) is 1. The summed E-state index contributed by atoms with van der Waals surface area (Å²) in [6, 6.07) is 3.78. The SMILES string of the molecule is CCOC(=O)c1c2sc(=O)n(CC)c(=O)c2n2c(C)cc(C)cc12. The van der Waals surface area contributed by atoms with Crippen LogP contribution in [-0.2, 0) is 11.3 Å². The third-order valence-corrected chi connectivity index (χ3v) is 4.97. The summed E-state index contributed by atoms with van der Waals surface area (Å²) in [4.78, 5) is 37.2. The van der Waals surface area contributed by atoms with Gasteiger partial charge in [-0.15, -0.1) is 0 Å². The maximum absolute atomic E-state index is 12.8. The van der Waals surface area contributed by atoms with Crippen molar-refractivity contribution in [2.24, 2.45) is 0 Å². The number of nitrogens with zero attached hydrogens (tertiary/aromatic N) is 2. The van der Waals surface area contributed by atoms with E-state index in [-0.39, 0.29) is 23.6 Å². The average molecular weight is 346 g/mol. The number of pyridine rings is 1. The fourth-order valence-electron chi connectivity index (χ4n) is 3.04. The van der Waals surface area contributed by atoms with Crippen LogP contribution < -0.4 is 10.4 Å². The van der Waals surface area contributed by atoms with Crippen molar-refractivity contribution in [2.75, 3.05) is 6.61 Å². The first-order chi connectivity index (χ1) is 11.4. The Labute approximate surface area is 141 Å². The molecular weight excluding hydrogens is 328 g/mol. The molecule has 0 saturated heterocycles. The molecule has 0 fully saturated rings. The lowest BCUT2D eigenvalue weighted by molar-refractivity contribution is 0.0531. The highest BCUT2D eigenvalue weighted by Gasteiger charge is 2.24. The lowest BCUT2D eigenvalue weighted by Crippen LogP contribution is -2.30. The molecule has 0 N–H and O–H groups in total. The molecule has 0 saturated carbocycles. The molecule has 3 aromatic rings. The maximum Gasteiger partial charge on any atom is 0.341 e. The summed E-state index contributed by atoms with van der Waals surface area (Å²) in [5.74, 6) is -0.515. The van der Waals surface area contributed by atoms with Crippen molar-refractivity contribution >= 4 is 33.0 Å². The third-order valence-electron chi connectivity index (χ3n) is 3.97. The molecule has 0 aliphatic carbocycles. The third kappa shape index (κ3) is 2.27. The Morgan fingerprint density at radius 1 is 1.21 bits per heavy atom. The largest absolute Gasteiger partial charge is 0.462 e. The number of carbonyl (C=O) groups excluding carboxylic acids is 1. The van der Waals surface area contributed by atoms with Gasteiger partial charge in [-0.3, -0.25) is 14.2 Å². The van der Waals surface area contributed by atoms with Gasteiger partial charge in [-0.2, -0.15) is 0 Å². The lowest BCUT2D eigenvalue weighted by atomic mass is 10.2. The number of carbonyl (C=O) groups is 1. The zero-order valence-electron chi connectivity index (χ0n) is 14.0. The zero-order valence-corrected chi connectivity index (χ0v) is 14.8. The molecular formula is C17H18N2O4S. The fraction of sp³-hybridized carbons (Fsp3) is 0.353. The number of hydrogen-bond donors (Lipinski definition) is 0. The molecule has 6 nitrogen and oxygen atoms in total. The zero-order chi connectivity index (χ0) is 17.6. The molecule has 3 rings (SSSR count). The molecule has 0 bridgehead atoms. The number of esters is 1. The van der Waals surface area contributed by atoms with Gasteiger partial charge in [0.05, 0.1) is 16.8 Å². The van der Waals surface area contributed by atoms with Crippen molar-refractivity contribution in [2.45, 2.75) is 34.2 Å². The Morgan fingerprint density at radius 2 is 1.92 bits per heavy atom. The highest BCUT2D eigenvalue weighted by atomic mass is 32.1. The predicted octanol–water partition coefficient (Wildman–Crippen LogP) is 2.49. The van der Waals surface area contributed by atoms with Gasteiger partial charge in [0.2, 0.25) is 0 Å². The van der Waals surface area contributed by atoms with Gasteiger partial charge in [0.25, 0.3) is 5.56 Å². The normalized spacial score (nSPS) is 11.3. The Bertz CT molecular complexity index is 1090. The van der Waals surface area contributed by atoms with Crippen LogP contribution in [0.25, 0.3) is 15.7 Å². The topological polar surface area (TPSA) is 69.8 Å². The molecule has 0 atom stereocenters. The van der Waals surface area contributed by atoms with E-state index in [2.05, 4.69) is 0 Å². The monoisotopic (exact) mass is 346 g/mol. The minimum Gasteiger partial charge on any atom is -0.462 e. The van der Waals surface area contributed by atoms with E-state index in [9.17, 15) is 14.4 Å². The van der Waals surface area contributed by atoms with Crippen molar-refractivity contribution in [1.82, 2.24) is 8.97 Å². The van der Waals surface area contributed by atoms with E-state index in [0.717, 1.165) is 22.6 Å². The molecule has 126 valence electrons. The minimum absolute atomic E-state index is 0.226. The summed E-state index contributed by atoms with van der Waals surface area (Å²) >= 11 is 0.914. The van der Waals surface area contributed by atoms with Crippen LogP contribution in [0.4, 0.5) is 0 Å². The molecule has 3 heterocycles. The molecule has 7 heteroatoms. The van der Waals surface area contributed by atoms with Gasteiger partial charge in [-0.05, 0) is 45.4 Å². The number of rotatable bonds is 3. The van der Waals surface area contributed by atoms with E-state index in [4.69, 9.17) is 4.74 Å². The second-order valence-electron chi connectivity index (χ2n) is 5.59. The first-order valence-corrected chi connectivity index (χ1v) is 8.58.